The van der Waals surface area contributed by atoms with Crippen LogP contribution in [0.3, 0.4) is 0 Å². The lowest BCUT2D eigenvalue weighted by atomic mass is 9.84. The average Bonchev–Trinajstić information content (AvgIpc) is 2.42. The van der Waals surface area contributed by atoms with Crippen LogP contribution in [0.4, 0.5) is 0 Å². The minimum absolute atomic E-state index is 0.0666. The molecule has 0 heterocycles. The molecule has 5 heteroatoms. The molecule has 2 unspecified atom stereocenters. The molecule has 0 bridgehead atoms. The van der Waals surface area contributed by atoms with Crippen LogP contribution < -0.4 is 0 Å². The van der Waals surface area contributed by atoms with E-state index in [0.29, 0.717) is 6.42 Å². The molecule has 0 radical (unpaired) electrons. The third-order valence-electron chi connectivity index (χ3n) is 4.65. The van der Waals surface area contributed by atoms with E-state index < -0.39 is 11.4 Å². The van der Waals surface area contributed by atoms with E-state index in [4.69, 9.17) is 15.0 Å². The maximum Gasteiger partial charge on any atom is 0.201 e. The molecule has 2 rings (SSSR count). The van der Waals surface area contributed by atoms with Crippen LogP contribution in [-0.2, 0) is 14.7 Å². The largest absolute Gasteiger partial charge is 0.363 e. The van der Waals surface area contributed by atoms with Crippen molar-refractivity contribution in [2.45, 2.75) is 76.1 Å². The molecule has 5 nitrogen and oxygen atoms in total. The second-order valence-corrected chi connectivity index (χ2v) is 6.18. The van der Waals surface area contributed by atoms with Crippen molar-refractivity contribution in [3.8, 4) is 0 Å². The molecule has 0 aromatic heterocycles. The highest BCUT2D eigenvalue weighted by Crippen LogP contribution is 2.38. The smallest absolute Gasteiger partial charge is 0.201 e. The summed E-state index contributed by atoms with van der Waals surface area (Å²) >= 11 is 0. The molecule has 112 valence electrons. The Kier molecular flexibility index (Phi) is 5.20. The van der Waals surface area contributed by atoms with Crippen molar-refractivity contribution in [1.82, 2.24) is 0 Å². The van der Waals surface area contributed by atoms with Crippen LogP contribution in [0.1, 0.15) is 64.7 Å². The first-order valence-electron chi connectivity index (χ1n) is 7.46. The van der Waals surface area contributed by atoms with Crippen molar-refractivity contribution in [1.29, 1.82) is 0 Å². The van der Waals surface area contributed by atoms with E-state index >= 15 is 0 Å². The molecule has 2 atom stereocenters. The lowest BCUT2D eigenvalue weighted by Gasteiger charge is -2.41. The third-order valence-corrected chi connectivity index (χ3v) is 4.65. The van der Waals surface area contributed by atoms with Crippen LogP contribution in [0.25, 0.3) is 0 Å². The first-order chi connectivity index (χ1) is 9.10. The zero-order valence-electron chi connectivity index (χ0n) is 11.8. The third kappa shape index (κ3) is 3.67. The Labute approximate surface area is 114 Å². The highest BCUT2D eigenvalue weighted by atomic mass is 17.2. The molecule has 0 aromatic carbocycles. The fraction of sp³-hybridized carbons (Fsp3) is 1.00. The van der Waals surface area contributed by atoms with Crippen LogP contribution in [0.15, 0.2) is 0 Å². The summed E-state index contributed by atoms with van der Waals surface area (Å²) in [4.78, 5) is 15.3. The van der Waals surface area contributed by atoms with E-state index in [1.807, 2.05) is 6.92 Å². The van der Waals surface area contributed by atoms with Crippen molar-refractivity contribution < 1.29 is 25.0 Å². The van der Waals surface area contributed by atoms with Gasteiger partial charge in [0.25, 0.3) is 0 Å². The molecule has 2 saturated carbocycles. The summed E-state index contributed by atoms with van der Waals surface area (Å²) in [6.45, 7) is 2.08. The first-order valence-corrected chi connectivity index (χ1v) is 7.46. The summed E-state index contributed by atoms with van der Waals surface area (Å²) in [7, 11) is 0. The van der Waals surface area contributed by atoms with Crippen molar-refractivity contribution >= 4 is 0 Å². The Morgan fingerprint density at radius 1 is 1.00 bits per heavy atom. The molecule has 0 spiro atoms. The monoisotopic (exact) mass is 274 g/mol. The maximum absolute atomic E-state index is 10.5. The second-order valence-electron chi connectivity index (χ2n) is 6.18. The summed E-state index contributed by atoms with van der Waals surface area (Å²) in [6, 6.07) is 0. The lowest BCUT2D eigenvalue weighted by molar-refractivity contribution is -0.486. The number of hydrogen-bond acceptors (Lipinski definition) is 5. The summed E-state index contributed by atoms with van der Waals surface area (Å²) in [5.74, 6) is -1.13. The molecule has 2 N–H and O–H groups in total. The fourth-order valence-corrected chi connectivity index (χ4v) is 3.15. The number of rotatable bonds is 5. The van der Waals surface area contributed by atoms with E-state index in [0.717, 1.165) is 51.4 Å². The first kappa shape index (κ1) is 15.2. The van der Waals surface area contributed by atoms with Crippen LogP contribution in [-0.4, -0.2) is 28.4 Å². The van der Waals surface area contributed by atoms with Gasteiger partial charge in [-0.25, -0.2) is 14.7 Å². The predicted octanol–water partition coefficient (Wildman–Crippen LogP) is 3.03. The highest BCUT2D eigenvalue weighted by molar-refractivity contribution is 4.84. The van der Waals surface area contributed by atoms with Gasteiger partial charge < -0.3 is 5.11 Å². The molecule has 0 aromatic rings. The van der Waals surface area contributed by atoms with Crippen LogP contribution in [0.5, 0.6) is 0 Å². The molecule has 0 amide bonds. The average molecular weight is 274 g/mol. The van der Waals surface area contributed by atoms with Gasteiger partial charge in [-0.1, -0.05) is 32.6 Å². The topological polar surface area (TPSA) is 68.2 Å². The molecule has 2 fully saturated rings. The fourth-order valence-electron chi connectivity index (χ4n) is 3.15. The lowest BCUT2D eigenvalue weighted by Crippen LogP contribution is -2.47. The highest BCUT2D eigenvalue weighted by Gasteiger charge is 2.43. The Balaban J connectivity index is 1.93. The molecular formula is C14H26O5. The van der Waals surface area contributed by atoms with Gasteiger partial charge in [-0.15, -0.1) is 0 Å². The van der Waals surface area contributed by atoms with Gasteiger partial charge in [0, 0.05) is 12.3 Å². The Morgan fingerprint density at radius 2 is 1.68 bits per heavy atom. The van der Waals surface area contributed by atoms with Gasteiger partial charge >= 0.3 is 0 Å². The maximum atomic E-state index is 10.5. The molecule has 19 heavy (non-hydrogen) atoms. The van der Waals surface area contributed by atoms with E-state index in [-0.39, 0.29) is 12.5 Å². The zero-order valence-corrected chi connectivity index (χ0v) is 11.8. The van der Waals surface area contributed by atoms with Gasteiger partial charge in [-0.3, -0.25) is 5.26 Å². The molecule has 2 aliphatic carbocycles. The summed E-state index contributed by atoms with van der Waals surface area (Å²) in [6.07, 6.45) is 8.42. The standard InChI is InChI=1S/C14H26O5/c1-12-7-3-6-10-14(12,15)19-18-13(11-17-16)8-4-2-5-9-13/h12,15-16H,2-11H2,1H3. The van der Waals surface area contributed by atoms with Crippen molar-refractivity contribution in [2.24, 2.45) is 5.92 Å². The quantitative estimate of drug-likeness (QED) is 0.458. The van der Waals surface area contributed by atoms with Crippen LogP contribution in [0, 0.1) is 5.92 Å². The SMILES string of the molecule is CC1CCCCC1(O)OOC1(COO)CCCCC1. The van der Waals surface area contributed by atoms with Crippen LogP contribution >= 0.6 is 0 Å². The molecule has 0 aliphatic heterocycles. The van der Waals surface area contributed by atoms with Crippen molar-refractivity contribution in [3.05, 3.63) is 0 Å². The van der Waals surface area contributed by atoms with E-state index in [9.17, 15) is 5.11 Å². The Morgan fingerprint density at radius 3 is 2.32 bits per heavy atom. The summed E-state index contributed by atoms with van der Waals surface area (Å²) in [5, 5.41) is 19.2. The number of aliphatic hydroxyl groups is 1. The van der Waals surface area contributed by atoms with E-state index in [1.165, 1.54) is 0 Å². The van der Waals surface area contributed by atoms with E-state index in [2.05, 4.69) is 4.89 Å². The van der Waals surface area contributed by atoms with Gasteiger partial charge in [0.15, 0.2) is 0 Å². The Hall–Kier alpha value is -0.200. The predicted molar refractivity (Wildman–Crippen MR) is 69.1 cm³/mol. The Bertz CT molecular complexity index is 272. The van der Waals surface area contributed by atoms with Gasteiger partial charge in [0.2, 0.25) is 5.79 Å². The van der Waals surface area contributed by atoms with Crippen LogP contribution in [0.2, 0.25) is 0 Å². The molecule has 0 saturated heterocycles. The van der Waals surface area contributed by atoms with Crippen molar-refractivity contribution in [3.63, 3.8) is 0 Å². The normalized spacial score (nSPS) is 35.2. The molecule has 2 aliphatic rings. The van der Waals surface area contributed by atoms with Gasteiger partial charge in [-0.2, -0.15) is 0 Å². The summed E-state index contributed by atoms with van der Waals surface area (Å²) in [5.41, 5.74) is -0.611. The van der Waals surface area contributed by atoms with Gasteiger partial charge in [0.1, 0.15) is 12.2 Å². The van der Waals surface area contributed by atoms with Gasteiger partial charge in [-0.05, 0) is 25.7 Å². The zero-order chi connectivity index (χ0) is 13.8. The van der Waals surface area contributed by atoms with E-state index in [1.54, 1.807) is 0 Å². The minimum atomic E-state index is -1.20. The summed E-state index contributed by atoms with van der Waals surface area (Å²) < 4.78 is 0. The number of hydrogen-bond donors (Lipinski definition) is 2. The van der Waals surface area contributed by atoms with Gasteiger partial charge in [0.05, 0.1) is 0 Å². The minimum Gasteiger partial charge on any atom is -0.363 e. The van der Waals surface area contributed by atoms with Crippen molar-refractivity contribution in [2.75, 3.05) is 6.61 Å². The second kappa shape index (κ2) is 6.50. The molecular weight excluding hydrogens is 248 g/mol.